The quantitative estimate of drug-likeness (QED) is 0.539. The van der Waals surface area contributed by atoms with Crippen LogP contribution >= 0.6 is 12.6 Å². The first-order valence-electron chi connectivity index (χ1n) is 3.18. The van der Waals surface area contributed by atoms with Gasteiger partial charge in [-0.05, 0) is 6.92 Å². The second-order valence-electron chi connectivity index (χ2n) is 1.84. The van der Waals surface area contributed by atoms with E-state index < -0.39 is 8.80 Å². The molecular formula is C6H14O3SSi. The molecule has 0 bridgehead atoms. The molecule has 0 heterocycles. The predicted octanol–water partition coefficient (Wildman–Crippen LogP) is 1.24. The maximum Gasteiger partial charge on any atom is 0.542 e. The topological polar surface area (TPSA) is 27.7 Å². The van der Waals surface area contributed by atoms with Crippen LogP contribution in [0.5, 0.6) is 0 Å². The summed E-state index contributed by atoms with van der Waals surface area (Å²) in [7, 11) is 2.07. The third kappa shape index (κ3) is 2.31. The second-order valence-corrected chi connectivity index (χ2v) is 5.62. The van der Waals surface area contributed by atoms with Crippen molar-refractivity contribution in [1.29, 1.82) is 0 Å². The Morgan fingerprint density at radius 3 is 1.64 bits per heavy atom. The van der Waals surface area contributed by atoms with Crippen LogP contribution in [-0.2, 0) is 13.3 Å². The molecule has 0 fully saturated rings. The molecule has 0 aromatic carbocycles. The summed E-state index contributed by atoms with van der Waals surface area (Å²) in [5.74, 6) is 0. The van der Waals surface area contributed by atoms with E-state index in [1.165, 1.54) is 0 Å². The zero-order valence-electron chi connectivity index (χ0n) is 7.25. The second kappa shape index (κ2) is 4.94. The summed E-state index contributed by atoms with van der Waals surface area (Å²) in [6, 6.07) is 0. The van der Waals surface area contributed by atoms with E-state index >= 15 is 0 Å². The third-order valence-corrected chi connectivity index (χ3v) is 5.00. The van der Waals surface area contributed by atoms with Crippen molar-refractivity contribution in [2.24, 2.45) is 0 Å². The van der Waals surface area contributed by atoms with E-state index in [0.717, 1.165) is 4.53 Å². The monoisotopic (exact) mass is 194 g/mol. The Bertz CT molecular complexity index is 136. The first kappa shape index (κ1) is 11.2. The molecule has 0 aliphatic carbocycles. The van der Waals surface area contributed by atoms with Crippen LogP contribution in [0, 0.1) is 0 Å². The minimum absolute atomic E-state index is 0.727. The van der Waals surface area contributed by atoms with Crippen LogP contribution in [-0.4, -0.2) is 30.1 Å². The van der Waals surface area contributed by atoms with E-state index in [0.29, 0.717) is 0 Å². The lowest BCUT2D eigenvalue weighted by atomic mass is 10.8. The van der Waals surface area contributed by atoms with Gasteiger partial charge in [-0.2, -0.15) is 0 Å². The highest BCUT2D eigenvalue weighted by atomic mass is 32.1. The van der Waals surface area contributed by atoms with Crippen LogP contribution in [0.25, 0.3) is 0 Å². The Balaban J connectivity index is 4.54. The van der Waals surface area contributed by atoms with Gasteiger partial charge in [0.15, 0.2) is 0 Å². The Morgan fingerprint density at radius 1 is 1.18 bits per heavy atom. The fourth-order valence-electron chi connectivity index (χ4n) is 0.740. The first-order valence-corrected chi connectivity index (χ1v) is 5.35. The van der Waals surface area contributed by atoms with E-state index in [4.69, 9.17) is 13.3 Å². The minimum atomic E-state index is -2.60. The van der Waals surface area contributed by atoms with Gasteiger partial charge in [0.05, 0.1) is 0 Å². The zero-order chi connectivity index (χ0) is 8.91. The highest BCUT2D eigenvalue weighted by molar-refractivity contribution is 7.87. The van der Waals surface area contributed by atoms with Crippen molar-refractivity contribution in [3.05, 3.63) is 10.6 Å². The molecule has 66 valence electrons. The van der Waals surface area contributed by atoms with Gasteiger partial charge in [0.2, 0.25) is 0 Å². The summed E-state index contributed by atoms with van der Waals surface area (Å²) in [5.41, 5.74) is 0. The van der Waals surface area contributed by atoms with E-state index in [1.807, 2.05) is 13.0 Å². The van der Waals surface area contributed by atoms with Crippen LogP contribution in [0.1, 0.15) is 6.92 Å². The van der Waals surface area contributed by atoms with Gasteiger partial charge >= 0.3 is 8.80 Å². The van der Waals surface area contributed by atoms with E-state index in [-0.39, 0.29) is 0 Å². The lowest BCUT2D eigenvalue weighted by molar-refractivity contribution is 0.137. The van der Waals surface area contributed by atoms with Crippen molar-refractivity contribution in [3.8, 4) is 0 Å². The molecule has 0 amide bonds. The maximum atomic E-state index is 5.14. The normalized spacial score (nSPS) is 13.7. The van der Waals surface area contributed by atoms with Crippen LogP contribution in [0.4, 0.5) is 0 Å². The van der Waals surface area contributed by atoms with Crippen LogP contribution in [0.3, 0.4) is 0 Å². The Labute approximate surface area is 74.1 Å². The molecule has 11 heavy (non-hydrogen) atoms. The van der Waals surface area contributed by atoms with Gasteiger partial charge in [-0.1, -0.05) is 6.08 Å². The third-order valence-electron chi connectivity index (χ3n) is 1.39. The Morgan fingerprint density at radius 2 is 1.55 bits per heavy atom. The van der Waals surface area contributed by atoms with Gasteiger partial charge < -0.3 is 13.3 Å². The molecule has 0 spiro atoms. The van der Waals surface area contributed by atoms with Crippen molar-refractivity contribution in [3.63, 3.8) is 0 Å². The highest BCUT2D eigenvalue weighted by Gasteiger charge is 2.40. The standard InChI is InChI=1S/C6H14O3SSi/c1-5-6(10)11(7-2,8-3)9-4/h5,10H,1-4H3/b6-5+. The van der Waals surface area contributed by atoms with E-state index in [2.05, 4.69) is 12.6 Å². The maximum absolute atomic E-state index is 5.14. The molecule has 0 radical (unpaired) electrons. The fraction of sp³-hybridized carbons (Fsp3) is 0.667. The van der Waals surface area contributed by atoms with Gasteiger partial charge in [0.25, 0.3) is 0 Å². The number of allylic oxidation sites excluding steroid dienone is 1. The molecule has 5 heteroatoms. The summed E-state index contributed by atoms with van der Waals surface area (Å²) < 4.78 is 16.1. The fourth-order valence-corrected chi connectivity index (χ4v) is 3.04. The van der Waals surface area contributed by atoms with Gasteiger partial charge in [-0.3, -0.25) is 0 Å². The summed E-state index contributed by atoms with van der Waals surface area (Å²) in [6.07, 6.45) is 1.81. The number of rotatable bonds is 4. The number of hydrogen-bond donors (Lipinski definition) is 1. The van der Waals surface area contributed by atoms with E-state index in [9.17, 15) is 0 Å². The number of thiol groups is 1. The Hall–Kier alpha value is 0.187. The summed E-state index contributed by atoms with van der Waals surface area (Å²) in [4.78, 5) is 0. The van der Waals surface area contributed by atoms with Crippen LogP contribution in [0.2, 0.25) is 0 Å². The predicted molar refractivity (Wildman–Crippen MR) is 49.5 cm³/mol. The smallest absolute Gasteiger partial charge is 0.373 e. The highest BCUT2D eigenvalue weighted by Crippen LogP contribution is 2.20. The van der Waals surface area contributed by atoms with Gasteiger partial charge in [0.1, 0.15) is 0 Å². The van der Waals surface area contributed by atoms with Crippen molar-refractivity contribution in [2.75, 3.05) is 21.3 Å². The van der Waals surface area contributed by atoms with Gasteiger partial charge in [-0.25, -0.2) is 0 Å². The van der Waals surface area contributed by atoms with Gasteiger partial charge in [-0.15, -0.1) is 12.6 Å². The average Bonchev–Trinajstić information content (AvgIpc) is 2.08. The Kier molecular flexibility index (Phi) is 5.03. The van der Waals surface area contributed by atoms with Crippen molar-refractivity contribution >= 4 is 21.4 Å². The summed E-state index contributed by atoms with van der Waals surface area (Å²) in [5, 5.41) is 0. The SMILES string of the molecule is C/C=C(\S)[Si](OC)(OC)OC. The molecule has 3 nitrogen and oxygen atoms in total. The first-order chi connectivity index (χ1) is 5.16. The molecule has 0 aromatic heterocycles. The number of hydrogen-bond acceptors (Lipinski definition) is 4. The zero-order valence-corrected chi connectivity index (χ0v) is 9.14. The summed E-state index contributed by atoms with van der Waals surface area (Å²) in [6.45, 7) is 1.86. The molecule has 0 saturated carbocycles. The molecule has 0 aliphatic heterocycles. The largest absolute Gasteiger partial charge is 0.542 e. The molecular weight excluding hydrogens is 180 g/mol. The van der Waals surface area contributed by atoms with Crippen LogP contribution in [0.15, 0.2) is 10.6 Å². The van der Waals surface area contributed by atoms with Crippen LogP contribution < -0.4 is 0 Å². The molecule has 0 aromatic rings. The molecule has 0 unspecified atom stereocenters. The molecule has 0 atom stereocenters. The molecule has 0 saturated heterocycles. The lowest BCUT2D eigenvalue weighted by Crippen LogP contribution is -2.43. The summed E-state index contributed by atoms with van der Waals surface area (Å²) >= 11 is 4.20. The molecule has 0 aliphatic rings. The van der Waals surface area contributed by atoms with E-state index in [1.54, 1.807) is 21.3 Å². The van der Waals surface area contributed by atoms with Crippen molar-refractivity contribution in [1.82, 2.24) is 0 Å². The lowest BCUT2D eigenvalue weighted by Gasteiger charge is -2.23. The average molecular weight is 194 g/mol. The van der Waals surface area contributed by atoms with Crippen molar-refractivity contribution in [2.45, 2.75) is 6.92 Å². The molecule has 0 rings (SSSR count). The van der Waals surface area contributed by atoms with Gasteiger partial charge in [0, 0.05) is 25.9 Å². The minimum Gasteiger partial charge on any atom is -0.373 e. The molecule has 0 N–H and O–H groups in total. The van der Waals surface area contributed by atoms with Crippen molar-refractivity contribution < 1.29 is 13.3 Å².